The van der Waals surface area contributed by atoms with Crippen molar-refractivity contribution in [2.45, 2.75) is 44.4 Å². The van der Waals surface area contributed by atoms with Gasteiger partial charge >= 0.3 is 0 Å². The maximum atomic E-state index is 10.1. The van der Waals surface area contributed by atoms with Gasteiger partial charge in [-0.15, -0.1) is 0 Å². The van der Waals surface area contributed by atoms with Crippen molar-refractivity contribution in [3.63, 3.8) is 0 Å². The number of thiocarbonyl (C=S) groups is 1. The molecular weight excluding hydrogens is 400 g/mol. The van der Waals surface area contributed by atoms with Crippen LogP contribution >= 0.6 is 23.8 Å². The summed E-state index contributed by atoms with van der Waals surface area (Å²) in [7, 11) is 1.58. The van der Waals surface area contributed by atoms with E-state index in [1.807, 2.05) is 12.1 Å². The molecule has 3 rings (SSSR count). The average molecular weight is 423 g/mol. The van der Waals surface area contributed by atoms with Crippen molar-refractivity contribution >= 4 is 34.6 Å². The first-order valence-corrected chi connectivity index (χ1v) is 9.87. The molecular formula is C19H23ClN4O3S. The number of halogens is 1. The largest absolute Gasteiger partial charge is 0.494 e. The molecule has 2 aromatic rings. The summed E-state index contributed by atoms with van der Waals surface area (Å²) in [6.45, 7) is 0.262. The normalized spacial score (nSPS) is 19.0. The van der Waals surface area contributed by atoms with E-state index in [1.165, 1.54) is 0 Å². The number of benzene rings is 1. The lowest BCUT2D eigenvalue weighted by atomic mass is 9.93. The van der Waals surface area contributed by atoms with Crippen molar-refractivity contribution in [1.82, 2.24) is 15.3 Å². The van der Waals surface area contributed by atoms with Crippen molar-refractivity contribution in [2.75, 3.05) is 12.4 Å². The third-order valence-corrected chi connectivity index (χ3v) is 4.94. The number of rotatable bonds is 6. The highest BCUT2D eigenvalue weighted by atomic mass is 35.5. The molecule has 7 nitrogen and oxygen atoms in total. The molecule has 0 bridgehead atoms. The molecule has 1 aliphatic rings. The first-order valence-electron chi connectivity index (χ1n) is 9.09. The SMILES string of the molecule is COc1cc(OCc2ccnc(Cl)n2)ccc1NC(=S)N[C@H]1CCCC[C@@H]1O. The zero-order valence-corrected chi connectivity index (χ0v) is 17.1. The predicted molar refractivity (Wildman–Crippen MR) is 112 cm³/mol. The molecule has 2 atom stereocenters. The second kappa shape index (κ2) is 9.86. The molecule has 3 N–H and O–H groups in total. The summed E-state index contributed by atoms with van der Waals surface area (Å²) in [4.78, 5) is 7.93. The molecule has 1 aromatic carbocycles. The van der Waals surface area contributed by atoms with Crippen LogP contribution in [0.5, 0.6) is 11.5 Å². The number of nitrogens with zero attached hydrogens (tertiary/aromatic N) is 2. The lowest BCUT2D eigenvalue weighted by Gasteiger charge is -2.29. The summed E-state index contributed by atoms with van der Waals surface area (Å²) in [5.41, 5.74) is 1.39. The number of hydrogen-bond acceptors (Lipinski definition) is 6. The van der Waals surface area contributed by atoms with Crippen LogP contribution in [0.3, 0.4) is 0 Å². The summed E-state index contributed by atoms with van der Waals surface area (Å²) in [5.74, 6) is 1.21. The van der Waals surface area contributed by atoms with E-state index in [2.05, 4.69) is 20.6 Å². The van der Waals surface area contributed by atoms with E-state index in [9.17, 15) is 5.11 Å². The van der Waals surface area contributed by atoms with Gasteiger partial charge in [0.15, 0.2) is 5.11 Å². The lowest BCUT2D eigenvalue weighted by molar-refractivity contribution is 0.100. The number of anilines is 1. The van der Waals surface area contributed by atoms with Gasteiger partial charge in [0.05, 0.1) is 30.6 Å². The number of ether oxygens (including phenoxy) is 2. The smallest absolute Gasteiger partial charge is 0.222 e. The third kappa shape index (κ3) is 5.67. The Kier molecular flexibility index (Phi) is 7.24. The highest BCUT2D eigenvalue weighted by Crippen LogP contribution is 2.29. The topological polar surface area (TPSA) is 88.5 Å². The van der Waals surface area contributed by atoms with Gasteiger partial charge < -0.3 is 25.2 Å². The highest BCUT2D eigenvalue weighted by Gasteiger charge is 2.23. The van der Waals surface area contributed by atoms with Crippen LogP contribution in [0.25, 0.3) is 0 Å². The molecule has 9 heteroatoms. The van der Waals surface area contributed by atoms with E-state index in [0.29, 0.717) is 28.0 Å². The maximum absolute atomic E-state index is 10.1. The molecule has 0 unspecified atom stereocenters. The van der Waals surface area contributed by atoms with Crippen LogP contribution in [-0.4, -0.2) is 39.4 Å². The Morgan fingerprint density at radius 2 is 2.14 bits per heavy atom. The Balaban J connectivity index is 1.60. The standard InChI is InChI=1S/C19H23ClN4O3S/c1-26-17-10-13(27-11-12-8-9-21-18(20)22-12)6-7-15(17)24-19(28)23-14-4-2-3-5-16(14)25/h6-10,14,16,25H,2-5,11H2,1H3,(H2,23,24,28)/t14-,16-/m0/s1. The monoisotopic (exact) mass is 422 g/mol. The van der Waals surface area contributed by atoms with E-state index in [0.717, 1.165) is 25.7 Å². The second-order valence-electron chi connectivity index (χ2n) is 6.52. The van der Waals surface area contributed by atoms with Crippen molar-refractivity contribution in [3.05, 3.63) is 41.4 Å². The van der Waals surface area contributed by atoms with E-state index in [4.69, 9.17) is 33.3 Å². The fourth-order valence-electron chi connectivity index (χ4n) is 3.08. The summed E-state index contributed by atoms with van der Waals surface area (Å²) < 4.78 is 11.2. The van der Waals surface area contributed by atoms with Crippen LogP contribution in [0, 0.1) is 0 Å². The third-order valence-electron chi connectivity index (χ3n) is 4.54. The zero-order chi connectivity index (χ0) is 19.9. The van der Waals surface area contributed by atoms with Crippen LogP contribution in [0.4, 0.5) is 5.69 Å². The number of aliphatic hydroxyl groups is 1. The Bertz CT molecular complexity index is 824. The molecule has 0 radical (unpaired) electrons. The second-order valence-corrected chi connectivity index (χ2v) is 7.27. The van der Waals surface area contributed by atoms with Crippen LogP contribution in [0.2, 0.25) is 5.28 Å². The zero-order valence-electron chi connectivity index (χ0n) is 15.5. The quantitative estimate of drug-likeness (QED) is 0.482. The van der Waals surface area contributed by atoms with Crippen LogP contribution in [0.15, 0.2) is 30.5 Å². The minimum atomic E-state index is -0.374. The molecule has 150 valence electrons. The van der Waals surface area contributed by atoms with Gasteiger partial charge in [-0.2, -0.15) is 0 Å². The lowest BCUT2D eigenvalue weighted by Crippen LogP contribution is -2.46. The van der Waals surface area contributed by atoms with Gasteiger partial charge in [0.2, 0.25) is 5.28 Å². The van der Waals surface area contributed by atoms with Crippen molar-refractivity contribution in [3.8, 4) is 11.5 Å². The van der Waals surface area contributed by atoms with E-state index in [1.54, 1.807) is 25.4 Å². The van der Waals surface area contributed by atoms with Gasteiger partial charge in [-0.05, 0) is 54.9 Å². The Morgan fingerprint density at radius 1 is 1.32 bits per heavy atom. The summed E-state index contributed by atoms with van der Waals surface area (Å²) >= 11 is 11.2. The van der Waals surface area contributed by atoms with Crippen LogP contribution in [-0.2, 0) is 6.61 Å². The first kappa shape index (κ1) is 20.6. The van der Waals surface area contributed by atoms with Crippen molar-refractivity contribution in [2.24, 2.45) is 0 Å². The number of aliphatic hydroxyl groups excluding tert-OH is 1. The van der Waals surface area contributed by atoms with E-state index < -0.39 is 0 Å². The van der Waals surface area contributed by atoms with Gasteiger partial charge in [0, 0.05) is 12.3 Å². The van der Waals surface area contributed by atoms with Gasteiger partial charge in [-0.3, -0.25) is 0 Å². The maximum Gasteiger partial charge on any atom is 0.222 e. The predicted octanol–water partition coefficient (Wildman–Crippen LogP) is 3.31. The Hall–Kier alpha value is -2.16. The molecule has 0 amide bonds. The number of nitrogens with one attached hydrogen (secondary N) is 2. The van der Waals surface area contributed by atoms with E-state index in [-0.39, 0.29) is 24.0 Å². The van der Waals surface area contributed by atoms with Crippen molar-refractivity contribution < 1.29 is 14.6 Å². The number of methoxy groups -OCH3 is 1. The number of aromatic nitrogens is 2. The van der Waals surface area contributed by atoms with Gasteiger partial charge in [0.25, 0.3) is 0 Å². The molecule has 28 heavy (non-hydrogen) atoms. The molecule has 0 aliphatic heterocycles. The fraction of sp³-hybridized carbons (Fsp3) is 0.421. The van der Waals surface area contributed by atoms with Crippen molar-refractivity contribution in [1.29, 1.82) is 0 Å². The van der Waals surface area contributed by atoms with E-state index >= 15 is 0 Å². The highest BCUT2D eigenvalue weighted by molar-refractivity contribution is 7.80. The van der Waals surface area contributed by atoms with Gasteiger partial charge in [-0.1, -0.05) is 12.8 Å². The molecule has 1 heterocycles. The molecule has 1 aliphatic carbocycles. The minimum absolute atomic E-state index is 0.0259. The minimum Gasteiger partial charge on any atom is -0.494 e. The van der Waals surface area contributed by atoms with Gasteiger partial charge in [-0.25, -0.2) is 9.97 Å². The average Bonchev–Trinajstić information content (AvgIpc) is 2.69. The Labute approximate surface area is 174 Å². The summed E-state index contributed by atoms with van der Waals surface area (Å²) in [6, 6.07) is 7.12. The first-order chi connectivity index (χ1) is 13.5. The number of hydrogen-bond donors (Lipinski definition) is 3. The van der Waals surface area contributed by atoms with Crippen LogP contribution < -0.4 is 20.1 Å². The molecule has 1 aromatic heterocycles. The van der Waals surface area contributed by atoms with Gasteiger partial charge in [0.1, 0.15) is 18.1 Å². The van der Waals surface area contributed by atoms with Crippen LogP contribution in [0.1, 0.15) is 31.4 Å². The molecule has 0 saturated heterocycles. The Morgan fingerprint density at radius 3 is 2.89 bits per heavy atom. The molecule has 1 saturated carbocycles. The summed E-state index contributed by atoms with van der Waals surface area (Å²) in [6.07, 6.45) is 5.05. The summed E-state index contributed by atoms with van der Waals surface area (Å²) in [5, 5.41) is 17.0. The molecule has 0 spiro atoms. The molecule has 1 fully saturated rings. The fourth-order valence-corrected chi connectivity index (χ4v) is 3.50.